The van der Waals surface area contributed by atoms with E-state index in [1.54, 1.807) is 0 Å². The van der Waals surface area contributed by atoms with Crippen molar-refractivity contribution >= 4 is 11.7 Å². The molecular formula is C19H32N2O2. The largest absolute Gasteiger partial charge is 0.481 e. The van der Waals surface area contributed by atoms with Crippen molar-refractivity contribution in [3.8, 4) is 0 Å². The van der Waals surface area contributed by atoms with E-state index in [4.69, 9.17) is 10.8 Å². The molecule has 130 valence electrons. The number of nitrogens with one attached hydrogen (secondary N) is 1. The second-order valence-corrected chi connectivity index (χ2v) is 6.21. The molecule has 0 saturated carbocycles. The molecule has 0 radical (unpaired) electrons. The van der Waals surface area contributed by atoms with Crippen LogP contribution in [-0.2, 0) is 11.2 Å². The van der Waals surface area contributed by atoms with E-state index in [9.17, 15) is 4.79 Å². The van der Waals surface area contributed by atoms with Gasteiger partial charge in [0.25, 0.3) is 0 Å². The van der Waals surface area contributed by atoms with Crippen molar-refractivity contribution in [3.05, 3.63) is 29.8 Å². The van der Waals surface area contributed by atoms with E-state index in [0.29, 0.717) is 6.42 Å². The molecule has 23 heavy (non-hydrogen) atoms. The molecule has 1 aromatic carbocycles. The summed E-state index contributed by atoms with van der Waals surface area (Å²) in [6, 6.07) is 8.09. The number of rotatable bonds is 14. The second-order valence-electron chi connectivity index (χ2n) is 6.21. The summed E-state index contributed by atoms with van der Waals surface area (Å²) in [6.45, 7) is 2.11. The second kappa shape index (κ2) is 12.9. The third-order valence-corrected chi connectivity index (χ3v) is 4.06. The molecule has 0 atom stereocenters. The number of benzene rings is 1. The molecule has 0 spiro atoms. The number of hydrogen-bond donors (Lipinski definition) is 3. The summed E-state index contributed by atoms with van der Waals surface area (Å²) in [5, 5.41) is 12.0. The molecule has 0 amide bonds. The van der Waals surface area contributed by atoms with Crippen molar-refractivity contribution in [1.29, 1.82) is 0 Å². The smallest absolute Gasteiger partial charge is 0.303 e. The zero-order valence-electron chi connectivity index (χ0n) is 14.2. The maximum atomic E-state index is 10.4. The maximum absolute atomic E-state index is 10.4. The minimum Gasteiger partial charge on any atom is -0.481 e. The summed E-state index contributed by atoms with van der Waals surface area (Å²) in [4.78, 5) is 10.4. The molecule has 0 heterocycles. The first kappa shape index (κ1) is 19.5. The molecule has 0 aliphatic heterocycles. The van der Waals surface area contributed by atoms with Gasteiger partial charge < -0.3 is 16.2 Å². The van der Waals surface area contributed by atoms with Gasteiger partial charge in [0, 0.05) is 12.1 Å². The minimum atomic E-state index is -0.672. The number of carboxylic acid groups (broad SMARTS) is 1. The van der Waals surface area contributed by atoms with Crippen molar-refractivity contribution < 1.29 is 9.90 Å². The van der Waals surface area contributed by atoms with Gasteiger partial charge in [-0.25, -0.2) is 0 Å². The molecule has 0 aromatic heterocycles. The van der Waals surface area contributed by atoms with Gasteiger partial charge in [-0.3, -0.25) is 4.79 Å². The normalized spacial score (nSPS) is 10.8. The van der Waals surface area contributed by atoms with Crippen LogP contribution >= 0.6 is 0 Å². The van der Waals surface area contributed by atoms with Crippen molar-refractivity contribution in [2.45, 2.75) is 64.2 Å². The number of anilines is 1. The zero-order chi connectivity index (χ0) is 16.8. The predicted molar refractivity (Wildman–Crippen MR) is 96.6 cm³/mol. The average Bonchev–Trinajstić information content (AvgIpc) is 2.53. The fourth-order valence-corrected chi connectivity index (χ4v) is 2.63. The molecule has 4 nitrogen and oxygen atoms in total. The highest BCUT2D eigenvalue weighted by Gasteiger charge is 1.97. The molecule has 0 aliphatic rings. The quantitative estimate of drug-likeness (QED) is 0.358. The molecular weight excluding hydrogens is 288 g/mol. The minimum absolute atomic E-state index is 0.321. The van der Waals surface area contributed by atoms with Gasteiger partial charge >= 0.3 is 5.97 Å². The van der Waals surface area contributed by atoms with Gasteiger partial charge in [0.1, 0.15) is 0 Å². The Morgan fingerprint density at radius 1 is 0.870 bits per heavy atom. The SMILES string of the molecule is Nc1ccc(CCNCCCCCCCCCCC(=O)O)cc1. The monoisotopic (exact) mass is 320 g/mol. The van der Waals surface area contributed by atoms with E-state index in [2.05, 4.69) is 17.4 Å². The van der Waals surface area contributed by atoms with Gasteiger partial charge in [0.2, 0.25) is 0 Å². The molecule has 0 unspecified atom stereocenters. The third kappa shape index (κ3) is 11.6. The Balaban J connectivity index is 1.79. The maximum Gasteiger partial charge on any atom is 0.303 e. The fraction of sp³-hybridized carbons (Fsp3) is 0.632. The number of carboxylic acids is 1. The third-order valence-electron chi connectivity index (χ3n) is 4.06. The van der Waals surface area contributed by atoms with Crippen molar-refractivity contribution in [2.24, 2.45) is 0 Å². The van der Waals surface area contributed by atoms with Gasteiger partial charge in [-0.2, -0.15) is 0 Å². The van der Waals surface area contributed by atoms with Crippen LogP contribution in [0.5, 0.6) is 0 Å². The van der Waals surface area contributed by atoms with Crippen LogP contribution in [0.3, 0.4) is 0 Å². The lowest BCUT2D eigenvalue weighted by atomic mass is 10.1. The molecule has 1 aromatic rings. The summed E-state index contributed by atoms with van der Waals surface area (Å²) < 4.78 is 0. The van der Waals surface area contributed by atoms with Crippen LogP contribution in [0, 0.1) is 0 Å². The summed E-state index contributed by atoms with van der Waals surface area (Å²) in [5.74, 6) is -0.672. The highest BCUT2D eigenvalue weighted by atomic mass is 16.4. The summed E-state index contributed by atoms with van der Waals surface area (Å²) in [6.07, 6.45) is 10.8. The Morgan fingerprint density at radius 3 is 2.04 bits per heavy atom. The lowest BCUT2D eigenvalue weighted by Crippen LogP contribution is -2.18. The molecule has 4 heteroatoms. The van der Waals surface area contributed by atoms with Gasteiger partial charge in [0.15, 0.2) is 0 Å². The van der Waals surface area contributed by atoms with Crippen molar-refractivity contribution in [2.75, 3.05) is 18.8 Å². The first-order valence-electron chi connectivity index (χ1n) is 8.95. The van der Waals surface area contributed by atoms with Gasteiger partial charge in [-0.15, -0.1) is 0 Å². The molecule has 4 N–H and O–H groups in total. The van der Waals surface area contributed by atoms with Crippen molar-refractivity contribution in [1.82, 2.24) is 5.32 Å². The highest BCUT2D eigenvalue weighted by molar-refractivity contribution is 5.66. The summed E-state index contributed by atoms with van der Waals surface area (Å²) in [7, 11) is 0. The lowest BCUT2D eigenvalue weighted by Gasteiger charge is -2.05. The van der Waals surface area contributed by atoms with E-state index in [1.807, 2.05) is 12.1 Å². The van der Waals surface area contributed by atoms with Crippen LogP contribution in [0.15, 0.2) is 24.3 Å². The first-order valence-corrected chi connectivity index (χ1v) is 8.95. The first-order chi connectivity index (χ1) is 11.2. The Bertz CT molecular complexity index is 418. The molecule has 0 saturated heterocycles. The summed E-state index contributed by atoms with van der Waals surface area (Å²) >= 11 is 0. The van der Waals surface area contributed by atoms with Crippen LogP contribution in [0.4, 0.5) is 5.69 Å². The van der Waals surface area contributed by atoms with Crippen LogP contribution in [0.1, 0.15) is 63.4 Å². The van der Waals surface area contributed by atoms with Crippen LogP contribution in [0.25, 0.3) is 0 Å². The van der Waals surface area contributed by atoms with E-state index in [-0.39, 0.29) is 0 Å². The van der Waals surface area contributed by atoms with Crippen LogP contribution in [-0.4, -0.2) is 24.2 Å². The van der Waals surface area contributed by atoms with Crippen LogP contribution < -0.4 is 11.1 Å². The lowest BCUT2D eigenvalue weighted by molar-refractivity contribution is -0.137. The Labute approximate surface area is 140 Å². The fourth-order valence-electron chi connectivity index (χ4n) is 2.63. The Hall–Kier alpha value is -1.55. The molecule has 0 bridgehead atoms. The van der Waals surface area contributed by atoms with Crippen LogP contribution in [0.2, 0.25) is 0 Å². The van der Waals surface area contributed by atoms with E-state index < -0.39 is 5.97 Å². The van der Waals surface area contributed by atoms with Gasteiger partial charge in [0.05, 0.1) is 0 Å². The predicted octanol–water partition coefficient (Wildman–Crippen LogP) is 4.00. The van der Waals surface area contributed by atoms with Gasteiger partial charge in [-0.05, 0) is 50.0 Å². The number of aliphatic carboxylic acids is 1. The molecule has 0 fully saturated rings. The molecule has 0 aliphatic carbocycles. The molecule has 1 rings (SSSR count). The number of nitrogen functional groups attached to an aromatic ring is 1. The van der Waals surface area contributed by atoms with E-state index in [0.717, 1.165) is 38.0 Å². The zero-order valence-corrected chi connectivity index (χ0v) is 14.2. The van der Waals surface area contributed by atoms with E-state index >= 15 is 0 Å². The summed E-state index contributed by atoms with van der Waals surface area (Å²) in [5.41, 5.74) is 7.82. The Morgan fingerprint density at radius 2 is 1.43 bits per heavy atom. The Kier molecular flexibility index (Phi) is 11.0. The van der Waals surface area contributed by atoms with Gasteiger partial charge in [-0.1, -0.05) is 50.7 Å². The number of carbonyl (C=O) groups is 1. The standard InChI is InChI=1S/C19H32N2O2/c20-18-12-10-17(11-13-18)14-16-21-15-8-6-4-2-1-3-5-7-9-19(22)23/h10-13,21H,1-9,14-16,20H2,(H,22,23). The highest BCUT2D eigenvalue weighted by Crippen LogP contribution is 2.09. The average molecular weight is 320 g/mol. The van der Waals surface area contributed by atoms with Crippen molar-refractivity contribution in [3.63, 3.8) is 0 Å². The number of nitrogens with two attached hydrogens (primary N) is 1. The van der Waals surface area contributed by atoms with E-state index in [1.165, 1.54) is 44.1 Å². The topological polar surface area (TPSA) is 75.3 Å². The number of hydrogen-bond acceptors (Lipinski definition) is 3. The number of unbranched alkanes of at least 4 members (excludes halogenated alkanes) is 7.